The number of fused-ring (bicyclic) bond motifs is 3. The maximum absolute atomic E-state index is 13.4. The second-order valence-corrected chi connectivity index (χ2v) is 8.51. The monoisotopic (exact) mass is 473 g/mol. The van der Waals surface area contributed by atoms with Crippen molar-refractivity contribution in [2.45, 2.75) is 20.0 Å². The van der Waals surface area contributed by atoms with Crippen molar-refractivity contribution in [3.63, 3.8) is 0 Å². The Morgan fingerprint density at radius 1 is 0.971 bits per heavy atom. The predicted molar refractivity (Wildman–Crippen MR) is 131 cm³/mol. The fraction of sp³-hybridized carbons (Fsp3) is 0.250. The maximum atomic E-state index is 13.4. The molecule has 7 nitrogen and oxygen atoms in total. The van der Waals surface area contributed by atoms with Crippen LogP contribution in [-0.4, -0.2) is 38.7 Å². The Morgan fingerprint density at radius 3 is 2.40 bits per heavy atom. The van der Waals surface area contributed by atoms with Crippen molar-refractivity contribution in [3.8, 4) is 28.7 Å². The molecule has 0 aliphatic carbocycles. The zero-order valence-electron chi connectivity index (χ0n) is 20.2. The lowest BCUT2D eigenvalue weighted by Crippen LogP contribution is -2.31. The Hall–Kier alpha value is -3.97. The molecule has 0 unspecified atom stereocenters. The summed E-state index contributed by atoms with van der Waals surface area (Å²) in [7, 11) is 4.68. The van der Waals surface area contributed by atoms with E-state index >= 15 is 0 Å². The van der Waals surface area contributed by atoms with Crippen LogP contribution in [0.3, 0.4) is 0 Å². The van der Waals surface area contributed by atoms with Gasteiger partial charge in [0.2, 0.25) is 5.78 Å². The number of ketones is 1. The van der Waals surface area contributed by atoms with Crippen LogP contribution in [0.4, 0.5) is 0 Å². The first-order valence-electron chi connectivity index (χ1n) is 11.3. The highest BCUT2D eigenvalue weighted by molar-refractivity contribution is 6.16. The van der Waals surface area contributed by atoms with E-state index in [9.17, 15) is 4.79 Å². The minimum atomic E-state index is -0.169. The Morgan fingerprint density at radius 2 is 1.69 bits per heavy atom. The van der Waals surface area contributed by atoms with Crippen LogP contribution in [0.1, 0.15) is 32.6 Å². The summed E-state index contributed by atoms with van der Waals surface area (Å²) in [6, 6.07) is 15.6. The van der Waals surface area contributed by atoms with Gasteiger partial charge in [-0.3, -0.25) is 9.69 Å². The summed E-state index contributed by atoms with van der Waals surface area (Å²) in [5.41, 5.74) is 4.11. The van der Waals surface area contributed by atoms with Crippen molar-refractivity contribution in [1.29, 1.82) is 0 Å². The summed E-state index contributed by atoms with van der Waals surface area (Å²) in [5, 5.41) is 0. The van der Waals surface area contributed by atoms with E-state index in [0.29, 0.717) is 47.4 Å². The minimum Gasteiger partial charge on any atom is -0.496 e. The van der Waals surface area contributed by atoms with E-state index in [1.165, 1.54) is 5.56 Å². The van der Waals surface area contributed by atoms with Gasteiger partial charge in [-0.15, -0.1) is 0 Å². The SMILES string of the molecule is COc1cc(OC)c(OC)cc1/C=C1\Oc2c3c(cc(C)c2C1=O)OCN(Cc1ccccc1)C3. The van der Waals surface area contributed by atoms with Crippen molar-refractivity contribution < 1.29 is 28.5 Å². The Balaban J connectivity index is 1.50. The van der Waals surface area contributed by atoms with Crippen LogP contribution in [0.2, 0.25) is 0 Å². The van der Waals surface area contributed by atoms with Crippen LogP contribution in [0.15, 0.2) is 54.3 Å². The standard InChI is InChI=1S/C28H27NO6/c1-17-10-22-20(15-29(16-34-22)14-18-8-6-5-7-9-18)28-26(17)27(30)25(35-28)12-19-11-23(32-3)24(33-4)13-21(19)31-2/h5-13H,14-16H2,1-4H3/b25-12-. The highest BCUT2D eigenvalue weighted by Gasteiger charge is 2.35. The number of aryl methyl sites for hydroxylation is 1. The third-order valence-electron chi connectivity index (χ3n) is 6.26. The predicted octanol–water partition coefficient (Wildman–Crippen LogP) is 4.99. The van der Waals surface area contributed by atoms with Gasteiger partial charge >= 0.3 is 0 Å². The van der Waals surface area contributed by atoms with E-state index in [0.717, 1.165) is 23.4 Å². The lowest BCUT2D eigenvalue weighted by atomic mass is 9.98. The van der Waals surface area contributed by atoms with Gasteiger partial charge in [-0.1, -0.05) is 30.3 Å². The molecule has 0 bridgehead atoms. The van der Waals surface area contributed by atoms with Crippen molar-refractivity contribution >= 4 is 11.9 Å². The molecule has 5 rings (SSSR count). The van der Waals surface area contributed by atoms with E-state index in [-0.39, 0.29) is 11.5 Å². The van der Waals surface area contributed by atoms with Crippen LogP contribution in [0.5, 0.6) is 28.7 Å². The Kier molecular flexibility index (Phi) is 6.09. The van der Waals surface area contributed by atoms with Crippen molar-refractivity contribution in [1.82, 2.24) is 4.90 Å². The molecule has 0 saturated heterocycles. The third kappa shape index (κ3) is 4.19. The molecule has 7 heteroatoms. The van der Waals surface area contributed by atoms with Crippen LogP contribution < -0.4 is 23.7 Å². The highest BCUT2D eigenvalue weighted by atomic mass is 16.5. The Labute approximate surface area is 204 Å². The van der Waals surface area contributed by atoms with Gasteiger partial charge in [-0.25, -0.2) is 0 Å². The summed E-state index contributed by atoms with van der Waals surface area (Å²) in [4.78, 5) is 15.6. The summed E-state index contributed by atoms with van der Waals surface area (Å²) in [6.07, 6.45) is 1.68. The molecule has 0 atom stereocenters. The van der Waals surface area contributed by atoms with Crippen LogP contribution in [0, 0.1) is 6.92 Å². The van der Waals surface area contributed by atoms with Crippen LogP contribution in [0.25, 0.3) is 6.08 Å². The number of rotatable bonds is 6. The molecule has 0 N–H and O–H groups in total. The van der Waals surface area contributed by atoms with Gasteiger partial charge in [-0.05, 0) is 36.3 Å². The summed E-state index contributed by atoms with van der Waals surface area (Å²) in [5.74, 6) is 2.98. The molecule has 2 aliphatic heterocycles. The quantitative estimate of drug-likeness (QED) is 0.467. The Bertz CT molecular complexity index is 1320. The van der Waals surface area contributed by atoms with E-state index in [4.69, 9.17) is 23.7 Å². The molecule has 2 aliphatic rings. The molecule has 0 saturated carbocycles. The fourth-order valence-electron chi connectivity index (χ4n) is 4.53. The van der Waals surface area contributed by atoms with E-state index in [2.05, 4.69) is 17.0 Å². The van der Waals surface area contributed by atoms with E-state index < -0.39 is 0 Å². The molecule has 2 heterocycles. The smallest absolute Gasteiger partial charge is 0.232 e. The molecule has 0 fully saturated rings. The van der Waals surface area contributed by atoms with Gasteiger partial charge in [-0.2, -0.15) is 0 Å². The first-order valence-corrected chi connectivity index (χ1v) is 11.3. The second kappa shape index (κ2) is 9.35. The van der Waals surface area contributed by atoms with Crippen molar-refractivity contribution in [3.05, 3.63) is 82.1 Å². The number of methoxy groups -OCH3 is 3. The summed E-state index contributed by atoms with van der Waals surface area (Å²) >= 11 is 0. The fourth-order valence-corrected chi connectivity index (χ4v) is 4.53. The molecular formula is C28H27NO6. The van der Waals surface area contributed by atoms with Gasteiger partial charge in [0.15, 0.2) is 17.3 Å². The van der Waals surface area contributed by atoms with E-state index in [1.54, 1.807) is 39.5 Å². The van der Waals surface area contributed by atoms with Gasteiger partial charge in [0.1, 0.15) is 24.0 Å². The maximum Gasteiger partial charge on any atom is 0.232 e. The number of Topliss-reactive ketones (excluding diaryl/α,β-unsaturated/α-hetero) is 1. The topological polar surface area (TPSA) is 66.5 Å². The number of carbonyl (C=O) groups is 1. The van der Waals surface area contributed by atoms with Gasteiger partial charge in [0.05, 0.1) is 32.5 Å². The first-order chi connectivity index (χ1) is 17.0. The van der Waals surface area contributed by atoms with Crippen molar-refractivity contribution in [2.75, 3.05) is 28.1 Å². The molecule has 0 aromatic heterocycles. The van der Waals surface area contributed by atoms with E-state index in [1.807, 2.05) is 31.2 Å². The summed E-state index contributed by atoms with van der Waals surface area (Å²) < 4.78 is 28.6. The number of hydrogen-bond donors (Lipinski definition) is 0. The zero-order chi connectivity index (χ0) is 24.5. The molecule has 0 radical (unpaired) electrons. The average molecular weight is 474 g/mol. The number of nitrogens with zero attached hydrogens (tertiary/aromatic N) is 1. The van der Waals surface area contributed by atoms with Crippen LogP contribution in [-0.2, 0) is 13.1 Å². The molecular weight excluding hydrogens is 446 g/mol. The number of benzene rings is 3. The number of carbonyl (C=O) groups excluding carboxylic acids is 1. The molecule has 180 valence electrons. The molecule has 0 amide bonds. The zero-order valence-corrected chi connectivity index (χ0v) is 20.2. The van der Waals surface area contributed by atoms with Crippen LogP contribution >= 0.6 is 0 Å². The minimum absolute atomic E-state index is 0.169. The molecule has 3 aromatic carbocycles. The van der Waals surface area contributed by atoms with Gasteiger partial charge in [0, 0.05) is 24.7 Å². The number of ether oxygens (including phenoxy) is 5. The lowest BCUT2D eigenvalue weighted by Gasteiger charge is -2.30. The lowest BCUT2D eigenvalue weighted by molar-refractivity contribution is 0.0872. The van der Waals surface area contributed by atoms with Gasteiger partial charge < -0.3 is 23.7 Å². The van der Waals surface area contributed by atoms with Crippen molar-refractivity contribution in [2.24, 2.45) is 0 Å². The third-order valence-corrected chi connectivity index (χ3v) is 6.26. The largest absolute Gasteiger partial charge is 0.496 e. The number of hydrogen-bond acceptors (Lipinski definition) is 7. The normalized spacial score (nSPS) is 15.8. The molecule has 0 spiro atoms. The average Bonchev–Trinajstić information content (AvgIpc) is 3.21. The summed E-state index contributed by atoms with van der Waals surface area (Å²) in [6.45, 7) is 3.73. The molecule has 35 heavy (non-hydrogen) atoms. The highest BCUT2D eigenvalue weighted by Crippen LogP contribution is 2.45. The first kappa shape index (κ1) is 22.8. The second-order valence-electron chi connectivity index (χ2n) is 8.51. The number of allylic oxidation sites excluding steroid dienone is 1. The van der Waals surface area contributed by atoms with Gasteiger partial charge in [0.25, 0.3) is 0 Å². The molecule has 3 aromatic rings.